The maximum absolute atomic E-state index is 5.92. The lowest BCUT2D eigenvalue weighted by Crippen LogP contribution is -2.52. The summed E-state index contributed by atoms with van der Waals surface area (Å²) >= 11 is 5.92. The highest BCUT2D eigenvalue weighted by Crippen LogP contribution is 2.11. The first-order valence-corrected chi connectivity index (χ1v) is 8.36. The molecule has 6 nitrogen and oxygen atoms in total. The number of nitrogens with one attached hydrogen (secondary N) is 1. The number of benzene rings is 1. The van der Waals surface area contributed by atoms with Crippen LogP contribution in [0, 0.1) is 0 Å². The van der Waals surface area contributed by atoms with Crippen LogP contribution in [-0.2, 0) is 6.54 Å². The van der Waals surface area contributed by atoms with Crippen molar-refractivity contribution in [3.8, 4) is 0 Å². The number of nitrogens with zero attached hydrogens (tertiary/aromatic N) is 5. The van der Waals surface area contributed by atoms with E-state index in [-0.39, 0.29) is 24.0 Å². The van der Waals surface area contributed by atoms with Crippen molar-refractivity contribution in [3.05, 3.63) is 53.3 Å². The highest BCUT2D eigenvalue weighted by Gasteiger charge is 2.20. The van der Waals surface area contributed by atoms with Gasteiger partial charge in [-0.25, -0.2) is 9.97 Å². The zero-order valence-electron chi connectivity index (χ0n) is 14.1. The summed E-state index contributed by atoms with van der Waals surface area (Å²) < 4.78 is 0. The minimum atomic E-state index is 0. The molecule has 2 aromatic rings. The van der Waals surface area contributed by atoms with Gasteiger partial charge in [0, 0.05) is 57.2 Å². The molecule has 1 saturated heterocycles. The normalized spacial score (nSPS) is 14.9. The minimum Gasteiger partial charge on any atom is -0.352 e. The zero-order valence-corrected chi connectivity index (χ0v) is 17.2. The van der Waals surface area contributed by atoms with E-state index in [0.29, 0.717) is 0 Å². The first kappa shape index (κ1) is 19.7. The second-order valence-electron chi connectivity index (χ2n) is 5.55. The van der Waals surface area contributed by atoms with Crippen LogP contribution in [0.4, 0.5) is 5.95 Å². The molecule has 1 aliphatic rings. The smallest absolute Gasteiger partial charge is 0.225 e. The van der Waals surface area contributed by atoms with E-state index in [0.717, 1.165) is 49.7 Å². The summed E-state index contributed by atoms with van der Waals surface area (Å²) in [4.78, 5) is 17.5. The molecule has 0 bridgehead atoms. The number of aliphatic imine (C=N–C) groups is 1. The third kappa shape index (κ3) is 5.43. The van der Waals surface area contributed by atoms with Crippen molar-refractivity contribution in [1.29, 1.82) is 0 Å². The Balaban J connectivity index is 0.00000225. The Labute approximate surface area is 170 Å². The molecule has 8 heteroatoms. The molecule has 1 aromatic heterocycles. The lowest BCUT2D eigenvalue weighted by molar-refractivity contribution is 0.370. The lowest BCUT2D eigenvalue weighted by Gasteiger charge is -2.36. The Kier molecular flexibility index (Phi) is 7.70. The van der Waals surface area contributed by atoms with Gasteiger partial charge in [-0.1, -0.05) is 23.7 Å². The fourth-order valence-corrected chi connectivity index (χ4v) is 2.81. The summed E-state index contributed by atoms with van der Waals surface area (Å²) in [6, 6.07) is 9.68. The Morgan fingerprint density at radius 2 is 1.76 bits per heavy atom. The predicted molar refractivity (Wildman–Crippen MR) is 113 cm³/mol. The van der Waals surface area contributed by atoms with Gasteiger partial charge in [0.2, 0.25) is 5.95 Å². The molecule has 25 heavy (non-hydrogen) atoms. The van der Waals surface area contributed by atoms with Crippen LogP contribution in [0.5, 0.6) is 0 Å². The van der Waals surface area contributed by atoms with E-state index in [1.165, 1.54) is 5.56 Å². The number of hydrogen-bond acceptors (Lipinski definition) is 4. The average Bonchev–Trinajstić information content (AvgIpc) is 2.65. The second-order valence-corrected chi connectivity index (χ2v) is 5.99. The van der Waals surface area contributed by atoms with Crippen molar-refractivity contribution >= 4 is 47.5 Å². The molecule has 134 valence electrons. The lowest BCUT2D eigenvalue weighted by atomic mass is 10.2. The van der Waals surface area contributed by atoms with Crippen LogP contribution in [-0.4, -0.2) is 54.1 Å². The molecule has 0 radical (unpaired) electrons. The average molecular weight is 473 g/mol. The molecule has 3 rings (SSSR count). The van der Waals surface area contributed by atoms with Crippen molar-refractivity contribution < 1.29 is 0 Å². The molecule has 0 unspecified atom stereocenters. The van der Waals surface area contributed by atoms with Gasteiger partial charge in [0.05, 0.1) is 0 Å². The van der Waals surface area contributed by atoms with Gasteiger partial charge in [0.1, 0.15) is 0 Å². The summed E-state index contributed by atoms with van der Waals surface area (Å²) in [6.07, 6.45) is 3.56. The van der Waals surface area contributed by atoms with Gasteiger partial charge < -0.3 is 15.1 Å². The Hall–Kier alpha value is -1.61. The van der Waals surface area contributed by atoms with E-state index in [2.05, 4.69) is 30.1 Å². The second kappa shape index (κ2) is 9.76. The van der Waals surface area contributed by atoms with Crippen molar-refractivity contribution in [3.63, 3.8) is 0 Å². The van der Waals surface area contributed by atoms with Gasteiger partial charge in [-0.05, 0) is 23.8 Å². The molecule has 1 aromatic carbocycles. The standard InChI is InChI=1S/C17H21ClN6.HI/c1-19-16(22-13-14-3-5-15(18)6-4-14)23-9-11-24(12-10-23)17-20-7-2-8-21-17;/h2-8H,9-13H2,1H3,(H,19,22);1H. The highest BCUT2D eigenvalue weighted by atomic mass is 127. The number of rotatable bonds is 3. The van der Waals surface area contributed by atoms with Gasteiger partial charge in [-0.2, -0.15) is 0 Å². The number of piperazine rings is 1. The fourth-order valence-electron chi connectivity index (χ4n) is 2.69. The van der Waals surface area contributed by atoms with Gasteiger partial charge >= 0.3 is 0 Å². The summed E-state index contributed by atoms with van der Waals surface area (Å²) in [5.41, 5.74) is 1.18. The van der Waals surface area contributed by atoms with E-state index >= 15 is 0 Å². The van der Waals surface area contributed by atoms with Crippen LogP contribution in [0.25, 0.3) is 0 Å². The van der Waals surface area contributed by atoms with Crippen LogP contribution < -0.4 is 10.2 Å². The molecular formula is C17H22ClIN6. The van der Waals surface area contributed by atoms with Crippen molar-refractivity contribution in [2.24, 2.45) is 4.99 Å². The number of anilines is 1. The summed E-state index contributed by atoms with van der Waals surface area (Å²) in [6.45, 7) is 4.26. The third-order valence-electron chi connectivity index (χ3n) is 3.99. The van der Waals surface area contributed by atoms with Crippen molar-refractivity contribution in [2.45, 2.75) is 6.54 Å². The topological polar surface area (TPSA) is 56.7 Å². The van der Waals surface area contributed by atoms with Crippen LogP contribution >= 0.6 is 35.6 Å². The number of aromatic nitrogens is 2. The quantitative estimate of drug-likeness (QED) is 0.423. The Morgan fingerprint density at radius 1 is 1.12 bits per heavy atom. The Morgan fingerprint density at radius 3 is 2.36 bits per heavy atom. The van der Waals surface area contributed by atoms with Crippen LogP contribution in [0.1, 0.15) is 5.56 Å². The third-order valence-corrected chi connectivity index (χ3v) is 4.24. The van der Waals surface area contributed by atoms with E-state index < -0.39 is 0 Å². The van der Waals surface area contributed by atoms with Gasteiger partial charge in [0.25, 0.3) is 0 Å². The number of halogens is 2. The van der Waals surface area contributed by atoms with Crippen LogP contribution in [0.3, 0.4) is 0 Å². The minimum absolute atomic E-state index is 0. The van der Waals surface area contributed by atoms with Crippen molar-refractivity contribution in [1.82, 2.24) is 20.2 Å². The fraction of sp³-hybridized carbons (Fsp3) is 0.353. The van der Waals surface area contributed by atoms with E-state index in [4.69, 9.17) is 11.6 Å². The van der Waals surface area contributed by atoms with Crippen molar-refractivity contribution in [2.75, 3.05) is 38.1 Å². The predicted octanol–water partition coefficient (Wildman–Crippen LogP) is 2.65. The van der Waals surface area contributed by atoms with Gasteiger partial charge in [-0.15, -0.1) is 24.0 Å². The number of hydrogen-bond donors (Lipinski definition) is 1. The maximum atomic E-state index is 5.92. The summed E-state index contributed by atoms with van der Waals surface area (Å²) in [5.74, 6) is 1.71. The van der Waals surface area contributed by atoms with Crippen LogP contribution in [0.15, 0.2) is 47.7 Å². The highest BCUT2D eigenvalue weighted by molar-refractivity contribution is 14.0. The van der Waals surface area contributed by atoms with E-state index in [1.54, 1.807) is 12.4 Å². The molecule has 1 aliphatic heterocycles. The molecule has 0 amide bonds. The molecule has 2 heterocycles. The molecule has 0 aliphatic carbocycles. The largest absolute Gasteiger partial charge is 0.352 e. The van der Waals surface area contributed by atoms with Crippen LogP contribution in [0.2, 0.25) is 5.02 Å². The van der Waals surface area contributed by atoms with Gasteiger partial charge in [-0.3, -0.25) is 4.99 Å². The first-order chi connectivity index (χ1) is 11.8. The molecular weight excluding hydrogens is 451 g/mol. The van der Waals surface area contributed by atoms with Gasteiger partial charge in [0.15, 0.2) is 5.96 Å². The molecule has 0 saturated carbocycles. The molecule has 0 atom stereocenters. The molecule has 1 N–H and O–H groups in total. The van der Waals surface area contributed by atoms with E-state index in [9.17, 15) is 0 Å². The summed E-state index contributed by atoms with van der Waals surface area (Å²) in [7, 11) is 1.82. The molecule has 0 spiro atoms. The summed E-state index contributed by atoms with van der Waals surface area (Å²) in [5, 5.41) is 4.16. The SMILES string of the molecule is CN=C(NCc1ccc(Cl)cc1)N1CCN(c2ncccn2)CC1.I. The maximum Gasteiger partial charge on any atom is 0.225 e. The monoisotopic (exact) mass is 472 g/mol. The zero-order chi connectivity index (χ0) is 16.8. The molecule has 1 fully saturated rings. The van der Waals surface area contributed by atoms with E-state index in [1.807, 2.05) is 37.4 Å². The first-order valence-electron chi connectivity index (χ1n) is 7.98. The Bertz CT molecular complexity index is 671. The number of guanidine groups is 1.